The van der Waals surface area contributed by atoms with Crippen LogP contribution in [0.25, 0.3) is 0 Å². The van der Waals surface area contributed by atoms with Crippen molar-refractivity contribution in [2.45, 2.75) is 31.1 Å². The Labute approximate surface area is 103 Å². The molecule has 0 aliphatic heterocycles. The van der Waals surface area contributed by atoms with Gasteiger partial charge in [-0.1, -0.05) is 6.92 Å². The minimum Gasteiger partial charge on any atom is -0.477 e. The van der Waals surface area contributed by atoms with Crippen molar-refractivity contribution in [3.63, 3.8) is 0 Å². The summed E-state index contributed by atoms with van der Waals surface area (Å²) in [5.41, 5.74) is -0.192. The standard InChI is InChI=1S/C10H9BrF2O2S/c1-9(3-10(12,13)4-9)5-2-6(11)16-7(5)8(14)15/h2H,3-4H2,1H3,(H,14,15). The first kappa shape index (κ1) is 12.0. The Hall–Kier alpha value is -0.490. The van der Waals surface area contributed by atoms with Crippen molar-refractivity contribution in [1.29, 1.82) is 0 Å². The molecular weight excluding hydrogens is 302 g/mol. The van der Waals surface area contributed by atoms with Crippen molar-refractivity contribution in [3.05, 3.63) is 20.3 Å². The predicted molar refractivity (Wildman–Crippen MR) is 60.5 cm³/mol. The molecule has 2 nitrogen and oxygen atoms in total. The van der Waals surface area contributed by atoms with Gasteiger partial charge in [-0.05, 0) is 27.6 Å². The number of aromatic carboxylic acids is 1. The molecule has 1 N–H and O–H groups in total. The van der Waals surface area contributed by atoms with Crippen LogP contribution in [0.2, 0.25) is 0 Å². The minimum atomic E-state index is -2.65. The summed E-state index contributed by atoms with van der Waals surface area (Å²) in [4.78, 5) is 11.1. The van der Waals surface area contributed by atoms with Gasteiger partial charge in [0.2, 0.25) is 5.92 Å². The van der Waals surface area contributed by atoms with E-state index in [1.54, 1.807) is 13.0 Å². The molecule has 0 radical (unpaired) electrons. The van der Waals surface area contributed by atoms with Gasteiger partial charge >= 0.3 is 5.97 Å². The first-order chi connectivity index (χ1) is 7.23. The molecule has 2 rings (SSSR count). The Bertz CT molecular complexity index is 448. The molecule has 1 aromatic heterocycles. The Balaban J connectivity index is 2.38. The summed E-state index contributed by atoms with van der Waals surface area (Å²) in [6, 6.07) is 1.64. The second-order valence-corrected chi connectivity index (χ2v) is 6.80. The third-order valence-electron chi connectivity index (χ3n) is 2.84. The molecule has 1 aliphatic rings. The molecule has 88 valence electrons. The molecule has 6 heteroatoms. The normalized spacial score (nSPS) is 21.5. The van der Waals surface area contributed by atoms with Crippen LogP contribution < -0.4 is 0 Å². The molecule has 0 amide bonds. The van der Waals surface area contributed by atoms with Gasteiger partial charge in [0, 0.05) is 18.3 Å². The zero-order chi connectivity index (χ0) is 12.1. The summed E-state index contributed by atoms with van der Waals surface area (Å²) in [5, 5.41) is 8.99. The lowest BCUT2D eigenvalue weighted by atomic mass is 9.63. The van der Waals surface area contributed by atoms with E-state index in [-0.39, 0.29) is 17.7 Å². The molecule has 0 unspecified atom stereocenters. The number of thiophene rings is 1. The van der Waals surface area contributed by atoms with Crippen LogP contribution in [-0.2, 0) is 5.41 Å². The van der Waals surface area contributed by atoms with E-state index in [4.69, 9.17) is 5.11 Å². The van der Waals surface area contributed by atoms with Crippen molar-refractivity contribution in [3.8, 4) is 0 Å². The zero-order valence-electron chi connectivity index (χ0n) is 8.39. The monoisotopic (exact) mass is 310 g/mol. The predicted octanol–water partition coefficient (Wildman–Crippen LogP) is 3.90. The molecule has 1 aliphatic carbocycles. The summed E-state index contributed by atoms with van der Waals surface area (Å²) in [5.74, 6) is -3.71. The fourth-order valence-corrected chi connectivity index (χ4v) is 3.84. The van der Waals surface area contributed by atoms with E-state index in [2.05, 4.69) is 15.9 Å². The van der Waals surface area contributed by atoms with E-state index in [1.807, 2.05) is 0 Å². The molecule has 0 atom stereocenters. The Morgan fingerprint density at radius 2 is 2.12 bits per heavy atom. The summed E-state index contributed by atoms with van der Waals surface area (Å²) < 4.78 is 26.5. The third kappa shape index (κ3) is 1.88. The molecule has 1 fully saturated rings. The number of alkyl halides is 2. The highest BCUT2D eigenvalue weighted by Crippen LogP contribution is 2.55. The van der Waals surface area contributed by atoms with E-state index < -0.39 is 17.3 Å². The van der Waals surface area contributed by atoms with Crippen LogP contribution in [0.5, 0.6) is 0 Å². The van der Waals surface area contributed by atoms with Crippen LogP contribution in [-0.4, -0.2) is 17.0 Å². The molecule has 16 heavy (non-hydrogen) atoms. The molecule has 0 aromatic carbocycles. The van der Waals surface area contributed by atoms with E-state index in [0.717, 1.165) is 11.3 Å². The number of carbonyl (C=O) groups is 1. The van der Waals surface area contributed by atoms with Gasteiger partial charge in [-0.15, -0.1) is 11.3 Å². The zero-order valence-corrected chi connectivity index (χ0v) is 10.8. The molecule has 0 spiro atoms. The SMILES string of the molecule is CC1(c2cc(Br)sc2C(=O)O)CC(F)(F)C1. The first-order valence-corrected chi connectivity index (χ1v) is 6.25. The van der Waals surface area contributed by atoms with Crippen LogP contribution in [0.4, 0.5) is 8.78 Å². The summed E-state index contributed by atoms with van der Waals surface area (Å²) >= 11 is 4.26. The first-order valence-electron chi connectivity index (χ1n) is 4.64. The van der Waals surface area contributed by atoms with Crippen molar-refractivity contribution in [2.24, 2.45) is 0 Å². The Kier molecular flexibility index (Phi) is 2.62. The maximum absolute atomic E-state index is 12.9. The fraction of sp³-hybridized carbons (Fsp3) is 0.500. The fourth-order valence-electron chi connectivity index (χ4n) is 2.25. The maximum Gasteiger partial charge on any atom is 0.346 e. The molecule has 1 aromatic rings. The van der Waals surface area contributed by atoms with Gasteiger partial charge in [-0.25, -0.2) is 13.6 Å². The summed E-state index contributed by atoms with van der Waals surface area (Å²) in [6.45, 7) is 1.69. The van der Waals surface area contributed by atoms with Gasteiger partial charge in [0.15, 0.2) is 0 Å². The van der Waals surface area contributed by atoms with Gasteiger partial charge in [0.05, 0.1) is 3.79 Å². The topological polar surface area (TPSA) is 37.3 Å². The molecule has 1 heterocycles. The molecular formula is C10H9BrF2O2S. The van der Waals surface area contributed by atoms with Crippen LogP contribution in [0.15, 0.2) is 9.85 Å². The van der Waals surface area contributed by atoms with Gasteiger partial charge in [0.25, 0.3) is 0 Å². The number of halogens is 3. The largest absolute Gasteiger partial charge is 0.477 e. The quantitative estimate of drug-likeness (QED) is 0.899. The number of hydrogen-bond acceptors (Lipinski definition) is 2. The van der Waals surface area contributed by atoms with Crippen LogP contribution in [0, 0.1) is 0 Å². The number of carboxylic acids is 1. The van der Waals surface area contributed by atoms with E-state index in [9.17, 15) is 13.6 Å². The van der Waals surface area contributed by atoms with Crippen LogP contribution in [0.3, 0.4) is 0 Å². The highest BCUT2D eigenvalue weighted by molar-refractivity contribution is 9.11. The Morgan fingerprint density at radius 3 is 2.56 bits per heavy atom. The number of rotatable bonds is 2. The molecule has 0 saturated heterocycles. The lowest BCUT2D eigenvalue weighted by molar-refractivity contribution is -0.121. The second-order valence-electron chi connectivity index (χ2n) is 4.37. The highest BCUT2D eigenvalue weighted by Gasteiger charge is 2.55. The lowest BCUT2D eigenvalue weighted by Gasteiger charge is -2.45. The number of carboxylic acid groups (broad SMARTS) is 1. The highest BCUT2D eigenvalue weighted by atomic mass is 79.9. The smallest absolute Gasteiger partial charge is 0.346 e. The summed E-state index contributed by atoms with van der Waals surface area (Å²) in [7, 11) is 0. The van der Waals surface area contributed by atoms with E-state index in [1.165, 1.54) is 0 Å². The Morgan fingerprint density at radius 1 is 1.56 bits per heavy atom. The average molecular weight is 311 g/mol. The summed E-state index contributed by atoms with van der Waals surface area (Å²) in [6.07, 6.45) is -0.549. The lowest BCUT2D eigenvalue weighted by Crippen LogP contribution is -2.47. The molecule has 0 bridgehead atoms. The molecule has 1 saturated carbocycles. The van der Waals surface area contributed by atoms with E-state index in [0.29, 0.717) is 9.35 Å². The van der Waals surface area contributed by atoms with Crippen LogP contribution >= 0.6 is 27.3 Å². The minimum absolute atomic E-state index is 0.157. The van der Waals surface area contributed by atoms with Gasteiger partial charge in [-0.3, -0.25) is 0 Å². The van der Waals surface area contributed by atoms with Crippen molar-refractivity contribution in [2.75, 3.05) is 0 Å². The average Bonchev–Trinajstić information content (AvgIpc) is 2.43. The number of hydrogen-bond donors (Lipinski definition) is 1. The van der Waals surface area contributed by atoms with Gasteiger partial charge in [0.1, 0.15) is 4.88 Å². The van der Waals surface area contributed by atoms with Gasteiger partial charge < -0.3 is 5.11 Å². The second kappa shape index (κ2) is 3.50. The van der Waals surface area contributed by atoms with E-state index >= 15 is 0 Å². The maximum atomic E-state index is 12.9. The van der Waals surface area contributed by atoms with Crippen molar-refractivity contribution in [1.82, 2.24) is 0 Å². The van der Waals surface area contributed by atoms with Crippen molar-refractivity contribution >= 4 is 33.2 Å². The van der Waals surface area contributed by atoms with Crippen LogP contribution in [0.1, 0.15) is 35.0 Å². The van der Waals surface area contributed by atoms with Crippen molar-refractivity contribution < 1.29 is 18.7 Å². The van der Waals surface area contributed by atoms with Gasteiger partial charge in [-0.2, -0.15) is 0 Å². The third-order valence-corrected chi connectivity index (χ3v) is 4.47.